The Bertz CT molecular complexity index is 380. The van der Waals surface area contributed by atoms with E-state index in [9.17, 15) is 9.59 Å². The minimum atomic E-state index is -0.475. The number of hydrogen-bond donors (Lipinski definition) is 2. The highest BCUT2D eigenvalue weighted by Crippen LogP contribution is 2.38. The monoisotopic (exact) mass is 297 g/mol. The molecule has 0 spiro atoms. The number of nitrogens with one attached hydrogen (secondary N) is 2. The van der Waals surface area contributed by atoms with Gasteiger partial charge >= 0.3 is 0 Å². The molecule has 3 atom stereocenters. The van der Waals surface area contributed by atoms with Crippen LogP contribution in [0.25, 0.3) is 0 Å². The van der Waals surface area contributed by atoms with E-state index in [1.54, 1.807) is 21.0 Å². The summed E-state index contributed by atoms with van der Waals surface area (Å²) in [5.41, 5.74) is 0.409. The van der Waals surface area contributed by atoms with E-state index in [0.29, 0.717) is 17.4 Å². The summed E-state index contributed by atoms with van der Waals surface area (Å²) in [6.45, 7) is 8.85. The average Bonchev–Trinajstić information content (AvgIpc) is 2.35. The van der Waals surface area contributed by atoms with Crippen LogP contribution >= 0.6 is 0 Å². The lowest BCUT2D eigenvalue weighted by molar-refractivity contribution is -0.133. The lowest BCUT2D eigenvalue weighted by atomic mass is 9.70. The van der Waals surface area contributed by atoms with Gasteiger partial charge in [0.1, 0.15) is 6.04 Å². The first-order chi connectivity index (χ1) is 9.62. The number of nitrogens with zero attached hydrogens (tertiary/aromatic N) is 1. The Balaban J connectivity index is 2.35. The zero-order chi connectivity index (χ0) is 16.2. The largest absolute Gasteiger partial charge is 0.347 e. The van der Waals surface area contributed by atoms with Gasteiger partial charge in [-0.15, -0.1) is 0 Å². The highest BCUT2D eigenvalue weighted by molar-refractivity contribution is 5.87. The number of amides is 2. The number of carbonyl (C=O) groups is 2. The van der Waals surface area contributed by atoms with Crippen molar-refractivity contribution in [3.63, 3.8) is 0 Å². The van der Waals surface area contributed by atoms with E-state index in [1.807, 2.05) is 0 Å². The van der Waals surface area contributed by atoms with Crippen molar-refractivity contribution in [1.82, 2.24) is 15.5 Å². The molecule has 21 heavy (non-hydrogen) atoms. The van der Waals surface area contributed by atoms with E-state index >= 15 is 0 Å². The van der Waals surface area contributed by atoms with Crippen molar-refractivity contribution in [3.05, 3.63) is 0 Å². The lowest BCUT2D eigenvalue weighted by Crippen LogP contribution is -2.49. The van der Waals surface area contributed by atoms with E-state index in [1.165, 1.54) is 17.7 Å². The molecule has 2 amide bonds. The van der Waals surface area contributed by atoms with Gasteiger partial charge in [0, 0.05) is 20.1 Å². The molecule has 0 aliphatic heterocycles. The molecule has 0 radical (unpaired) electrons. The Kier molecular flexibility index (Phi) is 6.20. The van der Waals surface area contributed by atoms with Crippen molar-refractivity contribution < 1.29 is 9.59 Å². The quantitative estimate of drug-likeness (QED) is 0.806. The van der Waals surface area contributed by atoms with E-state index in [4.69, 9.17) is 0 Å². The van der Waals surface area contributed by atoms with Gasteiger partial charge in [-0.3, -0.25) is 9.59 Å². The van der Waals surface area contributed by atoms with Gasteiger partial charge in [-0.05, 0) is 37.5 Å². The van der Waals surface area contributed by atoms with E-state index in [0.717, 1.165) is 6.42 Å². The molecule has 1 rings (SSSR count). The molecule has 0 heterocycles. The van der Waals surface area contributed by atoms with Gasteiger partial charge in [-0.2, -0.15) is 0 Å². The van der Waals surface area contributed by atoms with Crippen molar-refractivity contribution >= 4 is 11.8 Å². The molecule has 1 fully saturated rings. The number of likely N-dealkylation sites (N-methyl/N-ethyl adjacent to an activating group) is 1. The summed E-state index contributed by atoms with van der Waals surface area (Å²) in [6, 6.07) is -0.0827. The molecule has 5 heteroatoms. The van der Waals surface area contributed by atoms with Crippen LogP contribution in [0.1, 0.15) is 47.0 Å². The number of rotatable bonds is 5. The summed E-state index contributed by atoms with van der Waals surface area (Å²) in [5.74, 6) is 0.369. The van der Waals surface area contributed by atoms with Crippen LogP contribution in [0.5, 0.6) is 0 Å². The summed E-state index contributed by atoms with van der Waals surface area (Å²) in [4.78, 5) is 25.1. The molecule has 2 N–H and O–H groups in total. The molecule has 0 aromatic rings. The minimum absolute atomic E-state index is 0.0869. The maximum atomic E-state index is 11.9. The first-order valence-electron chi connectivity index (χ1n) is 7.86. The Hall–Kier alpha value is -1.10. The molecular weight excluding hydrogens is 266 g/mol. The zero-order valence-electron chi connectivity index (χ0n) is 14.3. The highest BCUT2D eigenvalue weighted by atomic mass is 16.2. The average molecular weight is 297 g/mol. The Morgan fingerprint density at radius 1 is 1.33 bits per heavy atom. The van der Waals surface area contributed by atoms with Crippen molar-refractivity contribution in [2.24, 2.45) is 11.3 Å². The molecule has 1 saturated carbocycles. The second-order valence-corrected chi connectivity index (χ2v) is 7.39. The van der Waals surface area contributed by atoms with Gasteiger partial charge in [0.15, 0.2) is 0 Å². The smallest absolute Gasteiger partial charge is 0.244 e. The van der Waals surface area contributed by atoms with Crippen LogP contribution in [0.4, 0.5) is 0 Å². The molecule has 0 saturated heterocycles. The second kappa shape index (κ2) is 7.25. The fourth-order valence-electron chi connectivity index (χ4n) is 3.22. The fourth-order valence-corrected chi connectivity index (χ4v) is 3.22. The van der Waals surface area contributed by atoms with Gasteiger partial charge < -0.3 is 15.5 Å². The Labute approximate surface area is 128 Å². The minimum Gasteiger partial charge on any atom is -0.347 e. The summed E-state index contributed by atoms with van der Waals surface area (Å²) in [7, 11) is 3.38. The van der Waals surface area contributed by atoms with Crippen LogP contribution in [-0.4, -0.2) is 49.4 Å². The van der Waals surface area contributed by atoms with Gasteiger partial charge in [0.2, 0.25) is 11.8 Å². The van der Waals surface area contributed by atoms with E-state index in [2.05, 4.69) is 31.4 Å². The lowest BCUT2D eigenvalue weighted by Gasteiger charge is -2.39. The molecule has 5 nitrogen and oxygen atoms in total. The predicted octanol–water partition coefficient (Wildman–Crippen LogP) is 1.38. The highest BCUT2D eigenvalue weighted by Gasteiger charge is 2.32. The third-order valence-corrected chi connectivity index (χ3v) is 4.41. The summed E-state index contributed by atoms with van der Waals surface area (Å²) in [5, 5.41) is 6.08. The van der Waals surface area contributed by atoms with Crippen LogP contribution in [0.3, 0.4) is 0 Å². The SMILES string of the molecule is CC(NC(=O)CNC1CCC(C)(C)CC1C)C(=O)N(C)C. The molecule has 1 aliphatic carbocycles. The molecular formula is C16H31N3O2. The normalized spacial score (nSPS) is 26.0. The third kappa shape index (κ3) is 5.65. The van der Waals surface area contributed by atoms with Crippen LogP contribution < -0.4 is 10.6 Å². The van der Waals surface area contributed by atoms with Gasteiger partial charge in [-0.25, -0.2) is 0 Å². The summed E-state index contributed by atoms with van der Waals surface area (Å²) in [6.07, 6.45) is 3.47. The summed E-state index contributed by atoms with van der Waals surface area (Å²) >= 11 is 0. The van der Waals surface area contributed by atoms with Crippen molar-refractivity contribution in [3.8, 4) is 0 Å². The molecule has 3 unspecified atom stereocenters. The Morgan fingerprint density at radius 2 is 1.95 bits per heavy atom. The predicted molar refractivity (Wildman–Crippen MR) is 84.9 cm³/mol. The molecule has 122 valence electrons. The third-order valence-electron chi connectivity index (χ3n) is 4.41. The topological polar surface area (TPSA) is 61.4 Å². The van der Waals surface area contributed by atoms with Crippen molar-refractivity contribution in [1.29, 1.82) is 0 Å². The maximum Gasteiger partial charge on any atom is 0.244 e. The van der Waals surface area contributed by atoms with Crippen LogP contribution in [0.15, 0.2) is 0 Å². The standard InChI is InChI=1S/C16H31N3O2/c1-11-9-16(3,4)8-7-13(11)17-10-14(20)18-12(2)15(21)19(5)6/h11-13,17H,7-10H2,1-6H3,(H,18,20). The van der Waals surface area contributed by atoms with E-state index < -0.39 is 6.04 Å². The molecule has 1 aliphatic rings. The second-order valence-electron chi connectivity index (χ2n) is 7.39. The van der Waals surface area contributed by atoms with Gasteiger partial charge in [-0.1, -0.05) is 20.8 Å². The van der Waals surface area contributed by atoms with Crippen molar-refractivity contribution in [2.75, 3.05) is 20.6 Å². The molecule has 0 aromatic carbocycles. The fraction of sp³-hybridized carbons (Fsp3) is 0.875. The maximum absolute atomic E-state index is 11.9. The first kappa shape index (κ1) is 18.0. The molecule has 0 bridgehead atoms. The number of hydrogen-bond acceptors (Lipinski definition) is 3. The first-order valence-corrected chi connectivity index (χ1v) is 7.86. The van der Waals surface area contributed by atoms with Gasteiger partial charge in [0.05, 0.1) is 6.54 Å². The number of carbonyl (C=O) groups excluding carboxylic acids is 2. The summed E-state index contributed by atoms with van der Waals surface area (Å²) < 4.78 is 0. The van der Waals surface area contributed by atoms with Crippen LogP contribution in [0.2, 0.25) is 0 Å². The van der Waals surface area contributed by atoms with Crippen LogP contribution in [-0.2, 0) is 9.59 Å². The van der Waals surface area contributed by atoms with Crippen molar-refractivity contribution in [2.45, 2.75) is 59.0 Å². The van der Waals surface area contributed by atoms with E-state index in [-0.39, 0.29) is 18.4 Å². The molecule has 0 aromatic heterocycles. The zero-order valence-corrected chi connectivity index (χ0v) is 14.3. The Morgan fingerprint density at radius 3 is 2.48 bits per heavy atom. The van der Waals surface area contributed by atoms with Gasteiger partial charge in [0.25, 0.3) is 0 Å². The van der Waals surface area contributed by atoms with Crippen LogP contribution in [0, 0.1) is 11.3 Å².